The number of ether oxygens (including phenoxy) is 1. The number of aliphatic hydroxyl groups excluding tert-OH is 1. The van der Waals surface area contributed by atoms with Gasteiger partial charge in [-0.25, -0.2) is 0 Å². The third kappa shape index (κ3) is 5.09. The average Bonchev–Trinajstić information content (AvgIpc) is 3.53. The van der Waals surface area contributed by atoms with Crippen molar-refractivity contribution in [3.63, 3.8) is 0 Å². The number of halogens is 1. The summed E-state index contributed by atoms with van der Waals surface area (Å²) in [7, 11) is 0. The molecule has 6 atom stereocenters. The zero-order valence-electron chi connectivity index (χ0n) is 27.9. The highest BCUT2D eigenvalue weighted by Gasteiger charge is 2.70. The molecular formula is C41H36ClN3O6. The first-order valence-electron chi connectivity index (χ1n) is 17.2. The second-order valence-corrected chi connectivity index (χ2v) is 14.1. The second-order valence-electron chi connectivity index (χ2n) is 13.7. The molecule has 0 aromatic heterocycles. The molecule has 0 spiro atoms. The monoisotopic (exact) mass is 701 g/mol. The largest absolute Gasteiger partial charge is 0.491 e. The van der Waals surface area contributed by atoms with Crippen LogP contribution in [0, 0.1) is 30.6 Å². The summed E-state index contributed by atoms with van der Waals surface area (Å²) in [6, 6.07) is 30.8. The molecule has 0 unspecified atom stereocenters. The van der Waals surface area contributed by atoms with Gasteiger partial charge in [-0.2, -0.15) is 5.01 Å². The standard InChI is InChI=1S/C41H36ClN3O6/c1-24-11-15-27(16-12-24)43-45-38(48)33-23-32-29(19-20-31-35(32)39(49)44(37(31)47)28-17-13-26(42)14-18-28)36(30-9-5-6-10-34(30)51-22-21-46)41(33,40(45)50)25-7-3-2-4-8-25/h2-19,31-33,35-36,43,46H,20-23H2,1H3/t31-,32+,33-,35-,36+,41+/m0/s1. The fourth-order valence-corrected chi connectivity index (χ4v) is 9.07. The maximum Gasteiger partial charge on any atom is 0.260 e. The first-order chi connectivity index (χ1) is 24.7. The Hall–Kier alpha value is -5.25. The van der Waals surface area contributed by atoms with Gasteiger partial charge in [0.1, 0.15) is 12.4 Å². The number of carbonyl (C=O) groups is 4. The fraction of sp³-hybridized carbons (Fsp3) is 0.268. The molecule has 4 amide bonds. The van der Waals surface area contributed by atoms with E-state index in [4.69, 9.17) is 16.3 Å². The van der Waals surface area contributed by atoms with Gasteiger partial charge in [-0.1, -0.05) is 89.5 Å². The number of aliphatic hydroxyl groups is 1. The zero-order chi connectivity index (χ0) is 35.4. The molecule has 1 saturated carbocycles. The topological polar surface area (TPSA) is 116 Å². The number of anilines is 2. The van der Waals surface area contributed by atoms with Gasteiger partial charge in [0, 0.05) is 16.5 Å². The lowest BCUT2D eigenvalue weighted by Gasteiger charge is -2.50. The average molecular weight is 702 g/mol. The highest BCUT2D eigenvalue weighted by Crippen LogP contribution is 2.65. The van der Waals surface area contributed by atoms with Crippen LogP contribution >= 0.6 is 11.6 Å². The first-order valence-corrected chi connectivity index (χ1v) is 17.6. The van der Waals surface area contributed by atoms with Crippen molar-refractivity contribution in [3.05, 3.63) is 136 Å². The molecule has 4 aliphatic rings. The van der Waals surface area contributed by atoms with Crippen LogP contribution in [0.4, 0.5) is 11.4 Å². The van der Waals surface area contributed by atoms with Gasteiger partial charge in [0.2, 0.25) is 11.8 Å². The summed E-state index contributed by atoms with van der Waals surface area (Å²) in [5, 5.41) is 11.4. The quantitative estimate of drug-likeness (QED) is 0.166. The van der Waals surface area contributed by atoms with E-state index >= 15 is 4.79 Å². The fourth-order valence-electron chi connectivity index (χ4n) is 8.94. The molecule has 2 aliphatic heterocycles. The highest BCUT2D eigenvalue weighted by atomic mass is 35.5. The van der Waals surface area contributed by atoms with E-state index in [1.54, 1.807) is 30.3 Å². The van der Waals surface area contributed by atoms with Crippen molar-refractivity contribution < 1.29 is 29.0 Å². The van der Waals surface area contributed by atoms with Crippen molar-refractivity contribution in [1.82, 2.24) is 5.01 Å². The van der Waals surface area contributed by atoms with Crippen LogP contribution in [0.25, 0.3) is 0 Å². The molecule has 9 nitrogen and oxygen atoms in total. The molecular weight excluding hydrogens is 666 g/mol. The van der Waals surface area contributed by atoms with E-state index in [0.717, 1.165) is 16.1 Å². The van der Waals surface area contributed by atoms with Crippen LogP contribution in [0.2, 0.25) is 5.02 Å². The number of nitrogens with one attached hydrogen (secondary N) is 1. The lowest BCUT2D eigenvalue weighted by molar-refractivity contribution is -0.138. The summed E-state index contributed by atoms with van der Waals surface area (Å²) in [5.41, 5.74) is 5.92. The molecule has 3 fully saturated rings. The van der Waals surface area contributed by atoms with E-state index in [9.17, 15) is 19.5 Å². The predicted octanol–water partition coefficient (Wildman–Crippen LogP) is 6.21. The molecule has 2 aliphatic carbocycles. The number of benzene rings is 4. The van der Waals surface area contributed by atoms with Crippen LogP contribution in [0.3, 0.4) is 0 Å². The van der Waals surface area contributed by atoms with Crippen LogP contribution in [-0.2, 0) is 24.6 Å². The van der Waals surface area contributed by atoms with Crippen molar-refractivity contribution in [3.8, 4) is 5.75 Å². The van der Waals surface area contributed by atoms with E-state index in [-0.39, 0.29) is 31.4 Å². The maximum atomic E-state index is 15.3. The maximum absolute atomic E-state index is 15.3. The number of nitrogens with zero attached hydrogens (tertiary/aromatic N) is 2. The van der Waals surface area contributed by atoms with Crippen LogP contribution in [0.5, 0.6) is 5.75 Å². The van der Waals surface area contributed by atoms with Crippen LogP contribution in [-0.4, -0.2) is 47.0 Å². The number of hydrazine groups is 1. The molecule has 4 aromatic rings. The molecule has 51 heavy (non-hydrogen) atoms. The summed E-state index contributed by atoms with van der Waals surface area (Å²) in [4.78, 5) is 59.9. The third-order valence-corrected chi connectivity index (χ3v) is 11.3. The summed E-state index contributed by atoms with van der Waals surface area (Å²) in [6.07, 6.45) is 2.50. The molecule has 8 rings (SSSR count). The van der Waals surface area contributed by atoms with Crippen molar-refractivity contribution in [1.29, 1.82) is 0 Å². The molecule has 0 radical (unpaired) electrons. The van der Waals surface area contributed by atoms with Gasteiger partial charge in [0.25, 0.3) is 11.8 Å². The Morgan fingerprint density at radius 1 is 0.843 bits per heavy atom. The molecule has 258 valence electrons. The molecule has 2 saturated heterocycles. The summed E-state index contributed by atoms with van der Waals surface area (Å²) >= 11 is 6.14. The number of amides is 4. The number of rotatable bonds is 8. The summed E-state index contributed by atoms with van der Waals surface area (Å²) in [5.74, 6) is -4.49. The van der Waals surface area contributed by atoms with Crippen LogP contribution in [0.1, 0.15) is 35.4 Å². The number of imide groups is 2. The van der Waals surface area contributed by atoms with Crippen molar-refractivity contribution in [2.75, 3.05) is 23.5 Å². The Labute approximate surface area is 300 Å². The number of allylic oxidation sites excluding steroid dienone is 2. The van der Waals surface area contributed by atoms with Gasteiger partial charge in [-0.3, -0.25) is 29.5 Å². The minimum atomic E-state index is -1.43. The molecule has 2 heterocycles. The van der Waals surface area contributed by atoms with Crippen molar-refractivity contribution >= 4 is 46.6 Å². The molecule has 10 heteroatoms. The Morgan fingerprint density at radius 3 is 2.27 bits per heavy atom. The Balaban J connectivity index is 1.32. The smallest absolute Gasteiger partial charge is 0.260 e. The lowest BCUT2D eigenvalue weighted by atomic mass is 9.49. The van der Waals surface area contributed by atoms with Gasteiger partial charge in [-0.05, 0) is 73.7 Å². The van der Waals surface area contributed by atoms with Crippen molar-refractivity contribution in [2.24, 2.45) is 23.7 Å². The van der Waals surface area contributed by atoms with Gasteiger partial charge < -0.3 is 9.84 Å². The first kappa shape index (κ1) is 32.9. The summed E-state index contributed by atoms with van der Waals surface area (Å²) < 4.78 is 6.11. The number of fused-ring (bicyclic) bond motifs is 4. The number of para-hydroxylation sites is 1. The summed E-state index contributed by atoms with van der Waals surface area (Å²) in [6.45, 7) is 1.76. The second kappa shape index (κ2) is 12.8. The van der Waals surface area contributed by atoms with Gasteiger partial charge >= 0.3 is 0 Å². The Morgan fingerprint density at radius 2 is 1.55 bits per heavy atom. The van der Waals surface area contributed by atoms with E-state index in [1.807, 2.05) is 85.8 Å². The number of hydrogen-bond acceptors (Lipinski definition) is 7. The molecule has 4 aromatic carbocycles. The van der Waals surface area contributed by atoms with E-state index < -0.39 is 46.8 Å². The zero-order valence-corrected chi connectivity index (χ0v) is 28.6. The lowest BCUT2D eigenvalue weighted by Crippen LogP contribution is -2.53. The molecule has 2 N–H and O–H groups in total. The minimum absolute atomic E-state index is 0.0235. The normalized spacial score (nSPS) is 26.8. The van der Waals surface area contributed by atoms with Gasteiger partial charge in [-0.15, -0.1) is 0 Å². The van der Waals surface area contributed by atoms with Crippen molar-refractivity contribution in [2.45, 2.75) is 31.1 Å². The van der Waals surface area contributed by atoms with E-state index in [0.29, 0.717) is 39.7 Å². The molecule has 0 bridgehead atoms. The highest BCUT2D eigenvalue weighted by molar-refractivity contribution is 6.31. The SMILES string of the molecule is Cc1ccc(NN2C(=O)[C@@H]3C[C@@H]4C(=CC[C@@H]5C(=O)N(c6ccc(Cl)cc6)C(=O)[C@@H]54)[C@H](c4ccccc4OCCO)[C@]3(c3ccccc3)C2=O)cc1. The van der Waals surface area contributed by atoms with E-state index in [1.165, 1.54) is 4.90 Å². The van der Waals surface area contributed by atoms with Crippen LogP contribution in [0.15, 0.2) is 115 Å². The third-order valence-electron chi connectivity index (χ3n) is 11.1. The Kier molecular flexibility index (Phi) is 8.27. The van der Waals surface area contributed by atoms with E-state index in [2.05, 4.69) is 5.43 Å². The predicted molar refractivity (Wildman–Crippen MR) is 192 cm³/mol. The number of aryl methyl sites for hydroxylation is 1. The number of carbonyl (C=O) groups excluding carboxylic acids is 4. The minimum Gasteiger partial charge on any atom is -0.491 e. The Bertz CT molecular complexity index is 2070. The van der Waals surface area contributed by atoms with Gasteiger partial charge in [0.15, 0.2) is 0 Å². The van der Waals surface area contributed by atoms with Gasteiger partial charge in [0.05, 0.1) is 41.2 Å². The van der Waals surface area contributed by atoms with Crippen LogP contribution < -0.4 is 15.1 Å². The number of hydrogen-bond donors (Lipinski definition) is 2.